The molecule has 15 heavy (non-hydrogen) atoms. The first-order valence-electron chi connectivity index (χ1n) is 4.35. The summed E-state index contributed by atoms with van der Waals surface area (Å²) >= 11 is 5.80. The van der Waals surface area contributed by atoms with E-state index in [1.807, 2.05) is 0 Å². The number of halogens is 2. The van der Waals surface area contributed by atoms with Crippen LogP contribution in [0, 0.1) is 10.1 Å². The molecule has 1 fully saturated rings. The number of benzene rings is 1. The van der Waals surface area contributed by atoms with Gasteiger partial charge in [0.2, 0.25) is 0 Å². The summed E-state index contributed by atoms with van der Waals surface area (Å²) in [5, 5.41) is 14.4. The number of rotatable bonds is 2. The maximum Gasteiger partial charge on any atom is 0.274 e. The van der Waals surface area contributed by atoms with E-state index >= 15 is 0 Å². The van der Waals surface area contributed by atoms with Gasteiger partial charge in [0.25, 0.3) is 5.69 Å². The smallest absolute Gasteiger partial charge is 0.274 e. The molecule has 1 atom stereocenters. The van der Waals surface area contributed by atoms with Crippen molar-refractivity contribution in [1.29, 1.82) is 0 Å². The monoisotopic (exact) mass is 248 g/mol. The Morgan fingerprint density at radius 2 is 2.20 bits per heavy atom. The second-order valence-corrected chi connectivity index (χ2v) is 3.69. The lowest BCUT2D eigenvalue weighted by Crippen LogP contribution is -2.35. The third-order valence-electron chi connectivity index (χ3n) is 2.39. The topological polar surface area (TPSA) is 55.2 Å². The molecule has 1 aromatic carbocycles. The van der Waals surface area contributed by atoms with Crippen LogP contribution in [0.5, 0.6) is 0 Å². The minimum absolute atomic E-state index is 0. The van der Waals surface area contributed by atoms with Crippen LogP contribution in [-0.2, 0) is 0 Å². The Hall–Kier alpha value is -0.840. The van der Waals surface area contributed by atoms with Crippen molar-refractivity contribution in [3.8, 4) is 0 Å². The standard InChI is InChI=1S/C9H9ClN2O2.ClH/c10-6-1-2-9(12(13)14)7(5-6)8-3-4-11-8;/h1-2,5,8,11H,3-4H2;1H/t8-;/m0./s1. The summed E-state index contributed by atoms with van der Waals surface area (Å²) in [7, 11) is 0. The van der Waals surface area contributed by atoms with Crippen molar-refractivity contribution < 1.29 is 4.92 Å². The summed E-state index contributed by atoms with van der Waals surface area (Å²) < 4.78 is 0. The molecule has 82 valence electrons. The van der Waals surface area contributed by atoms with Crippen LogP contribution in [0.25, 0.3) is 0 Å². The van der Waals surface area contributed by atoms with Crippen LogP contribution in [0.3, 0.4) is 0 Å². The lowest BCUT2D eigenvalue weighted by Gasteiger charge is -2.27. The Morgan fingerprint density at radius 1 is 1.53 bits per heavy atom. The van der Waals surface area contributed by atoms with Gasteiger partial charge in [0.05, 0.1) is 4.92 Å². The van der Waals surface area contributed by atoms with Gasteiger partial charge in [0.1, 0.15) is 0 Å². The van der Waals surface area contributed by atoms with Crippen molar-refractivity contribution >= 4 is 29.7 Å². The van der Waals surface area contributed by atoms with Crippen molar-refractivity contribution in [2.45, 2.75) is 12.5 Å². The molecular weight excluding hydrogens is 239 g/mol. The van der Waals surface area contributed by atoms with Gasteiger partial charge in [-0.1, -0.05) is 11.6 Å². The first-order chi connectivity index (χ1) is 6.68. The molecule has 1 aliphatic rings. The van der Waals surface area contributed by atoms with Crippen LogP contribution in [0.15, 0.2) is 18.2 Å². The van der Waals surface area contributed by atoms with E-state index < -0.39 is 0 Å². The van der Waals surface area contributed by atoms with Crippen LogP contribution >= 0.6 is 24.0 Å². The fourth-order valence-corrected chi connectivity index (χ4v) is 1.71. The maximum absolute atomic E-state index is 10.7. The largest absolute Gasteiger partial charge is 0.310 e. The van der Waals surface area contributed by atoms with Gasteiger partial charge >= 0.3 is 0 Å². The van der Waals surface area contributed by atoms with Crippen LogP contribution in [0.4, 0.5) is 5.69 Å². The van der Waals surface area contributed by atoms with E-state index in [4.69, 9.17) is 11.6 Å². The molecule has 1 saturated heterocycles. The van der Waals surface area contributed by atoms with Crippen molar-refractivity contribution in [3.05, 3.63) is 38.9 Å². The highest BCUT2D eigenvalue weighted by molar-refractivity contribution is 6.30. The quantitative estimate of drug-likeness (QED) is 0.647. The second kappa shape index (κ2) is 4.79. The third-order valence-corrected chi connectivity index (χ3v) is 2.62. The molecule has 0 amide bonds. The highest BCUT2D eigenvalue weighted by atomic mass is 35.5. The fourth-order valence-electron chi connectivity index (χ4n) is 1.52. The predicted octanol–water partition coefficient (Wildman–Crippen LogP) is 2.70. The second-order valence-electron chi connectivity index (χ2n) is 3.26. The number of nitro benzene ring substituents is 1. The highest BCUT2D eigenvalue weighted by Gasteiger charge is 2.26. The molecule has 0 aromatic heterocycles. The molecule has 6 heteroatoms. The molecule has 0 radical (unpaired) electrons. The summed E-state index contributed by atoms with van der Waals surface area (Å²) in [6.45, 7) is 0.911. The van der Waals surface area contributed by atoms with Gasteiger partial charge in [-0.05, 0) is 25.1 Å². The average molecular weight is 249 g/mol. The number of nitro groups is 1. The van der Waals surface area contributed by atoms with Gasteiger partial charge in [-0.2, -0.15) is 0 Å². The number of hydrogen-bond acceptors (Lipinski definition) is 3. The van der Waals surface area contributed by atoms with E-state index in [0.29, 0.717) is 10.6 Å². The van der Waals surface area contributed by atoms with Gasteiger partial charge in [-0.25, -0.2) is 0 Å². The van der Waals surface area contributed by atoms with E-state index in [1.165, 1.54) is 6.07 Å². The van der Waals surface area contributed by atoms with E-state index in [-0.39, 0.29) is 29.1 Å². The lowest BCUT2D eigenvalue weighted by atomic mass is 9.96. The minimum Gasteiger partial charge on any atom is -0.310 e. The Morgan fingerprint density at radius 3 is 2.67 bits per heavy atom. The van der Waals surface area contributed by atoms with Gasteiger partial charge in [0.15, 0.2) is 0 Å². The summed E-state index contributed by atoms with van der Waals surface area (Å²) in [6.07, 6.45) is 0.932. The minimum atomic E-state index is -0.369. The van der Waals surface area contributed by atoms with E-state index in [1.54, 1.807) is 12.1 Å². The molecule has 0 aliphatic carbocycles. The zero-order valence-electron chi connectivity index (χ0n) is 7.77. The molecule has 0 spiro atoms. The molecular formula is C9H10Cl2N2O2. The molecule has 4 nitrogen and oxygen atoms in total. The van der Waals surface area contributed by atoms with E-state index in [2.05, 4.69) is 5.32 Å². The maximum atomic E-state index is 10.7. The summed E-state index contributed by atoms with van der Waals surface area (Å²) in [4.78, 5) is 10.3. The number of hydrogen-bond donors (Lipinski definition) is 1. The number of nitrogens with one attached hydrogen (secondary N) is 1. The fraction of sp³-hybridized carbons (Fsp3) is 0.333. The average Bonchev–Trinajstić information content (AvgIpc) is 2.00. The first-order valence-corrected chi connectivity index (χ1v) is 4.73. The normalized spacial score (nSPS) is 18.9. The summed E-state index contributed by atoms with van der Waals surface area (Å²) in [5.41, 5.74) is 0.834. The highest BCUT2D eigenvalue weighted by Crippen LogP contribution is 2.32. The van der Waals surface area contributed by atoms with Gasteiger partial charge in [0, 0.05) is 22.7 Å². The van der Waals surface area contributed by atoms with Crippen LogP contribution in [0.2, 0.25) is 5.02 Å². The Labute approximate surface area is 98.2 Å². The lowest BCUT2D eigenvalue weighted by molar-refractivity contribution is -0.385. The molecule has 1 heterocycles. The molecule has 1 aromatic rings. The first kappa shape index (κ1) is 12.2. The third kappa shape index (κ3) is 2.40. The number of nitrogens with zero attached hydrogens (tertiary/aromatic N) is 1. The predicted molar refractivity (Wildman–Crippen MR) is 60.7 cm³/mol. The zero-order valence-corrected chi connectivity index (χ0v) is 9.35. The molecule has 1 aliphatic heterocycles. The Kier molecular flexibility index (Phi) is 3.90. The molecule has 1 N–H and O–H groups in total. The van der Waals surface area contributed by atoms with Crippen molar-refractivity contribution in [1.82, 2.24) is 5.32 Å². The van der Waals surface area contributed by atoms with Gasteiger partial charge in [-0.15, -0.1) is 12.4 Å². The Bertz CT molecular complexity index is 380. The zero-order chi connectivity index (χ0) is 10.1. The Balaban J connectivity index is 0.00000112. The van der Waals surface area contributed by atoms with E-state index in [9.17, 15) is 10.1 Å². The molecule has 2 rings (SSSR count). The molecule has 0 bridgehead atoms. The van der Waals surface area contributed by atoms with Crippen LogP contribution in [-0.4, -0.2) is 11.5 Å². The van der Waals surface area contributed by atoms with Gasteiger partial charge in [-0.3, -0.25) is 10.1 Å². The van der Waals surface area contributed by atoms with Crippen molar-refractivity contribution in [2.75, 3.05) is 6.54 Å². The molecule has 0 unspecified atom stereocenters. The van der Waals surface area contributed by atoms with Gasteiger partial charge < -0.3 is 5.32 Å². The van der Waals surface area contributed by atoms with E-state index in [0.717, 1.165) is 13.0 Å². The summed E-state index contributed by atoms with van der Waals surface area (Å²) in [5.74, 6) is 0. The summed E-state index contributed by atoms with van der Waals surface area (Å²) in [6, 6.07) is 4.75. The van der Waals surface area contributed by atoms with Crippen LogP contribution in [0.1, 0.15) is 18.0 Å². The SMILES string of the molecule is Cl.O=[N+]([O-])c1ccc(Cl)cc1[C@@H]1CCN1. The molecule has 0 saturated carbocycles. The van der Waals surface area contributed by atoms with Crippen LogP contribution < -0.4 is 5.32 Å². The van der Waals surface area contributed by atoms with Crippen molar-refractivity contribution in [3.63, 3.8) is 0 Å². The van der Waals surface area contributed by atoms with Crippen molar-refractivity contribution in [2.24, 2.45) is 0 Å².